The van der Waals surface area contributed by atoms with Crippen LogP contribution in [0.25, 0.3) is 0 Å². The monoisotopic (exact) mass is 158 g/mol. The average molecular weight is 158 g/mol. The van der Waals surface area contributed by atoms with Crippen molar-refractivity contribution in [2.45, 2.75) is 18.2 Å². The van der Waals surface area contributed by atoms with E-state index in [1.807, 2.05) is 0 Å². The molecule has 0 bridgehead atoms. The highest BCUT2D eigenvalue weighted by Gasteiger charge is 2.39. The maximum absolute atomic E-state index is 13.0. The van der Waals surface area contributed by atoms with Gasteiger partial charge in [0.25, 0.3) is 0 Å². The van der Waals surface area contributed by atoms with Gasteiger partial charge in [0, 0.05) is 13.1 Å². The van der Waals surface area contributed by atoms with Crippen molar-refractivity contribution in [1.29, 1.82) is 0 Å². The molecule has 62 valence electrons. The quantitative estimate of drug-likeness (QED) is 0.471. The van der Waals surface area contributed by atoms with Crippen LogP contribution < -0.4 is 5.73 Å². The molecule has 5 heteroatoms. The molecule has 1 fully saturated rings. The highest BCUT2D eigenvalue weighted by atomic mass is 19.1. The van der Waals surface area contributed by atoms with Crippen molar-refractivity contribution in [2.24, 2.45) is 5.73 Å². The Hall–Kier alpha value is -0.125. The first kappa shape index (κ1) is 8.97. The van der Waals surface area contributed by atoms with Crippen LogP contribution in [-0.2, 0) is 0 Å². The van der Waals surface area contributed by atoms with Crippen LogP contribution in [-0.4, -0.2) is 49.3 Å². The Labute approximate surface area is 66.8 Å². The molecule has 1 rings (SSSR count). The van der Waals surface area contributed by atoms with Crippen molar-refractivity contribution in [2.75, 3.05) is 19.6 Å². The van der Waals surface area contributed by atoms with Crippen molar-refractivity contribution in [3.05, 3.63) is 0 Å². The predicted molar refractivity (Wildman–Crippen MR) is 40.8 cm³/mol. The second kappa shape index (κ2) is 3.09. The molecule has 2 radical (unpaired) electrons. The van der Waals surface area contributed by atoms with Crippen molar-refractivity contribution in [1.82, 2.24) is 4.81 Å². The lowest BCUT2D eigenvalue weighted by Crippen LogP contribution is -2.58. The van der Waals surface area contributed by atoms with Gasteiger partial charge < -0.3 is 15.7 Å². The molecule has 1 aliphatic heterocycles. The van der Waals surface area contributed by atoms with E-state index in [1.54, 1.807) is 0 Å². The number of hydrogen-bond acceptors (Lipinski definition) is 3. The van der Waals surface area contributed by atoms with Crippen LogP contribution in [0.15, 0.2) is 0 Å². The van der Waals surface area contributed by atoms with E-state index < -0.39 is 11.8 Å². The van der Waals surface area contributed by atoms with Crippen LogP contribution in [0, 0.1) is 0 Å². The van der Waals surface area contributed by atoms with Crippen LogP contribution in [0.4, 0.5) is 4.39 Å². The van der Waals surface area contributed by atoms with Gasteiger partial charge in [-0.15, -0.1) is 0 Å². The molecule has 0 aromatic carbocycles. The van der Waals surface area contributed by atoms with Crippen LogP contribution in [0.1, 0.15) is 6.42 Å². The molecular weight excluding hydrogens is 146 g/mol. The van der Waals surface area contributed by atoms with Gasteiger partial charge in [-0.25, -0.2) is 4.39 Å². The molecule has 3 nitrogen and oxygen atoms in total. The summed E-state index contributed by atoms with van der Waals surface area (Å²) >= 11 is 0. The van der Waals surface area contributed by atoms with Gasteiger partial charge in [0.15, 0.2) is 7.98 Å². The first-order valence-electron chi connectivity index (χ1n) is 3.64. The molecule has 2 unspecified atom stereocenters. The van der Waals surface area contributed by atoms with E-state index in [2.05, 4.69) is 0 Å². The molecule has 0 aromatic heterocycles. The summed E-state index contributed by atoms with van der Waals surface area (Å²) in [6.45, 7) is 0.510. The number of hydrogen-bond donors (Lipinski definition) is 2. The SMILES string of the molecule is [B]N1CCC(F)C(O)(CN)C1. The normalized spacial score (nSPS) is 40.8. The van der Waals surface area contributed by atoms with E-state index in [0.29, 0.717) is 6.54 Å². The molecule has 0 saturated carbocycles. The van der Waals surface area contributed by atoms with Gasteiger partial charge in [0.05, 0.1) is 0 Å². The fourth-order valence-electron chi connectivity index (χ4n) is 1.27. The molecular formula is C6H12BFN2O. The zero-order chi connectivity index (χ0) is 8.48. The molecule has 1 saturated heterocycles. The summed E-state index contributed by atoms with van der Waals surface area (Å²) in [6, 6.07) is 0. The van der Waals surface area contributed by atoms with Crippen molar-refractivity contribution < 1.29 is 9.50 Å². The second-order valence-electron chi connectivity index (χ2n) is 3.03. The number of β-amino-alcohol motifs (C(OH)–C–C–N with tert-alkyl or cyclic N) is 1. The minimum absolute atomic E-state index is 0.0815. The minimum Gasteiger partial charge on any atom is -0.384 e. The van der Waals surface area contributed by atoms with Gasteiger partial charge in [-0.1, -0.05) is 0 Å². The largest absolute Gasteiger partial charge is 0.384 e. The molecule has 0 aromatic rings. The standard InChI is InChI=1S/C6H12BFN2O/c7-10-2-1-5(8)6(11,3-9)4-10/h5,11H,1-4,9H2. The summed E-state index contributed by atoms with van der Waals surface area (Å²) < 4.78 is 13.0. The number of aliphatic hydroxyl groups is 1. The number of rotatable bonds is 1. The van der Waals surface area contributed by atoms with Gasteiger partial charge >= 0.3 is 0 Å². The topological polar surface area (TPSA) is 49.5 Å². The lowest BCUT2D eigenvalue weighted by molar-refractivity contribution is -0.0636. The van der Waals surface area contributed by atoms with E-state index >= 15 is 0 Å². The molecule has 11 heavy (non-hydrogen) atoms. The zero-order valence-corrected chi connectivity index (χ0v) is 6.33. The Morgan fingerprint density at radius 3 is 2.91 bits per heavy atom. The summed E-state index contributed by atoms with van der Waals surface area (Å²) in [4.78, 5) is 1.39. The first-order valence-corrected chi connectivity index (χ1v) is 3.64. The number of alkyl halides is 1. The molecule has 0 spiro atoms. The molecule has 3 N–H and O–H groups in total. The Morgan fingerprint density at radius 1 is 1.82 bits per heavy atom. The van der Waals surface area contributed by atoms with Gasteiger partial charge in [-0.2, -0.15) is 0 Å². The van der Waals surface area contributed by atoms with Crippen LogP contribution in [0.5, 0.6) is 0 Å². The average Bonchev–Trinajstić information content (AvgIpc) is 1.98. The predicted octanol–water partition coefficient (Wildman–Crippen LogP) is -1.20. The molecule has 2 atom stereocenters. The fourth-order valence-corrected chi connectivity index (χ4v) is 1.27. The number of halogens is 1. The molecule has 0 amide bonds. The summed E-state index contributed by atoms with van der Waals surface area (Å²) in [5.41, 5.74) is 3.78. The maximum Gasteiger partial charge on any atom is 0.182 e. The Bertz CT molecular complexity index is 149. The van der Waals surface area contributed by atoms with Crippen molar-refractivity contribution in [3.63, 3.8) is 0 Å². The van der Waals surface area contributed by atoms with Crippen LogP contribution in [0.3, 0.4) is 0 Å². The van der Waals surface area contributed by atoms with Crippen LogP contribution >= 0.6 is 0 Å². The van der Waals surface area contributed by atoms with E-state index in [-0.39, 0.29) is 19.5 Å². The maximum atomic E-state index is 13.0. The van der Waals surface area contributed by atoms with Crippen molar-refractivity contribution in [3.8, 4) is 0 Å². The summed E-state index contributed by atoms with van der Waals surface area (Å²) in [6.07, 6.45) is -0.989. The number of piperidine rings is 1. The highest BCUT2D eigenvalue weighted by molar-refractivity contribution is 6.04. The highest BCUT2D eigenvalue weighted by Crippen LogP contribution is 2.22. The molecule has 1 heterocycles. The Kier molecular flexibility index (Phi) is 2.52. The van der Waals surface area contributed by atoms with Gasteiger partial charge in [-0.05, 0) is 13.0 Å². The minimum atomic E-state index is -1.44. The fraction of sp³-hybridized carbons (Fsp3) is 1.00. The van der Waals surface area contributed by atoms with Gasteiger partial charge in [0.2, 0.25) is 0 Å². The second-order valence-corrected chi connectivity index (χ2v) is 3.03. The molecule has 1 aliphatic rings. The molecule has 0 aliphatic carbocycles. The van der Waals surface area contributed by atoms with E-state index in [4.69, 9.17) is 13.7 Å². The van der Waals surface area contributed by atoms with E-state index in [9.17, 15) is 9.50 Å². The zero-order valence-electron chi connectivity index (χ0n) is 6.33. The lowest BCUT2D eigenvalue weighted by atomic mass is 9.89. The smallest absolute Gasteiger partial charge is 0.182 e. The van der Waals surface area contributed by atoms with Gasteiger partial charge in [0.1, 0.15) is 11.8 Å². The lowest BCUT2D eigenvalue weighted by Gasteiger charge is -2.39. The third-order valence-electron chi connectivity index (χ3n) is 2.08. The number of nitrogens with zero attached hydrogens (tertiary/aromatic N) is 1. The number of nitrogens with two attached hydrogens (primary N) is 1. The van der Waals surface area contributed by atoms with Gasteiger partial charge in [-0.3, -0.25) is 0 Å². The Balaban J connectivity index is 2.60. The third kappa shape index (κ3) is 1.72. The Morgan fingerprint density at radius 2 is 2.45 bits per heavy atom. The first-order chi connectivity index (χ1) is 5.08. The van der Waals surface area contributed by atoms with E-state index in [1.165, 1.54) is 4.81 Å². The van der Waals surface area contributed by atoms with Crippen LogP contribution in [0.2, 0.25) is 0 Å². The third-order valence-corrected chi connectivity index (χ3v) is 2.08. The summed E-state index contributed by atoms with van der Waals surface area (Å²) in [5.74, 6) is 0. The van der Waals surface area contributed by atoms with E-state index in [0.717, 1.165) is 0 Å². The summed E-state index contributed by atoms with van der Waals surface area (Å²) in [7, 11) is 5.40. The van der Waals surface area contributed by atoms with Crippen molar-refractivity contribution >= 4 is 7.98 Å². The summed E-state index contributed by atoms with van der Waals surface area (Å²) in [5, 5.41) is 9.50.